The van der Waals surface area contributed by atoms with E-state index in [1.54, 1.807) is 7.11 Å². The molecule has 1 aromatic heterocycles. The monoisotopic (exact) mass is 388 g/mol. The van der Waals surface area contributed by atoms with E-state index in [1.807, 2.05) is 42.5 Å². The standard InChI is InChI=1S/C17H17BrN4O2/c1-23-15-7-13(9-19-17-20-11-21-22-17)14(18)8-16(15)24-10-12-5-3-2-4-6-12/h2-8,11H,9-10H2,1H3,(H2,19,20,21,22). The maximum atomic E-state index is 5.90. The van der Waals surface area contributed by atoms with Crippen molar-refractivity contribution in [3.05, 3.63) is 64.4 Å². The minimum absolute atomic E-state index is 0.485. The summed E-state index contributed by atoms with van der Waals surface area (Å²) >= 11 is 3.58. The van der Waals surface area contributed by atoms with Crippen molar-refractivity contribution in [1.29, 1.82) is 0 Å². The zero-order valence-electron chi connectivity index (χ0n) is 13.1. The Morgan fingerprint density at radius 2 is 2.00 bits per heavy atom. The number of aromatic amines is 1. The Morgan fingerprint density at radius 1 is 1.17 bits per heavy atom. The third-order valence-electron chi connectivity index (χ3n) is 3.43. The maximum absolute atomic E-state index is 5.90. The second-order valence-corrected chi connectivity index (χ2v) is 5.91. The second-order valence-electron chi connectivity index (χ2n) is 5.06. The number of ether oxygens (including phenoxy) is 2. The van der Waals surface area contributed by atoms with Crippen molar-refractivity contribution >= 4 is 21.9 Å². The van der Waals surface area contributed by atoms with Crippen LogP contribution in [0.25, 0.3) is 0 Å². The van der Waals surface area contributed by atoms with Crippen molar-refractivity contribution in [3.63, 3.8) is 0 Å². The fourth-order valence-electron chi connectivity index (χ4n) is 2.19. The summed E-state index contributed by atoms with van der Waals surface area (Å²) in [7, 11) is 1.63. The van der Waals surface area contributed by atoms with Gasteiger partial charge in [-0.05, 0) is 23.3 Å². The highest BCUT2D eigenvalue weighted by Gasteiger charge is 2.11. The fourth-order valence-corrected chi connectivity index (χ4v) is 2.65. The number of methoxy groups -OCH3 is 1. The molecule has 0 aliphatic rings. The molecule has 0 spiro atoms. The molecule has 3 aromatic rings. The Bertz CT molecular complexity index is 779. The first-order chi connectivity index (χ1) is 11.8. The van der Waals surface area contributed by atoms with Crippen molar-refractivity contribution in [2.45, 2.75) is 13.2 Å². The van der Waals surface area contributed by atoms with Crippen molar-refractivity contribution in [2.75, 3.05) is 12.4 Å². The molecular formula is C17H17BrN4O2. The van der Waals surface area contributed by atoms with Crippen molar-refractivity contribution in [3.8, 4) is 11.5 Å². The van der Waals surface area contributed by atoms with Gasteiger partial charge in [0.1, 0.15) is 12.9 Å². The number of hydrogen-bond acceptors (Lipinski definition) is 5. The summed E-state index contributed by atoms with van der Waals surface area (Å²) in [5.74, 6) is 1.99. The number of rotatable bonds is 7. The normalized spacial score (nSPS) is 10.4. The molecule has 24 heavy (non-hydrogen) atoms. The molecule has 0 aliphatic carbocycles. The molecule has 0 amide bonds. The number of benzene rings is 2. The van der Waals surface area contributed by atoms with Gasteiger partial charge in [0.05, 0.1) is 7.11 Å². The highest BCUT2D eigenvalue weighted by molar-refractivity contribution is 9.10. The molecule has 124 valence electrons. The molecule has 0 saturated carbocycles. The van der Waals surface area contributed by atoms with E-state index in [2.05, 4.69) is 36.4 Å². The van der Waals surface area contributed by atoms with Crippen LogP contribution in [0.3, 0.4) is 0 Å². The van der Waals surface area contributed by atoms with Crippen LogP contribution < -0.4 is 14.8 Å². The molecule has 2 N–H and O–H groups in total. The summed E-state index contributed by atoms with van der Waals surface area (Å²) < 4.78 is 12.3. The molecule has 6 nitrogen and oxygen atoms in total. The predicted molar refractivity (Wildman–Crippen MR) is 95.2 cm³/mol. The van der Waals surface area contributed by atoms with Gasteiger partial charge in [0, 0.05) is 11.0 Å². The molecule has 0 radical (unpaired) electrons. The Labute approximate surface area is 148 Å². The van der Waals surface area contributed by atoms with Gasteiger partial charge in [-0.1, -0.05) is 46.3 Å². The molecule has 2 aromatic carbocycles. The summed E-state index contributed by atoms with van der Waals surface area (Å²) in [5.41, 5.74) is 2.13. The van der Waals surface area contributed by atoms with Crippen molar-refractivity contribution in [1.82, 2.24) is 15.2 Å². The van der Waals surface area contributed by atoms with E-state index in [1.165, 1.54) is 6.33 Å². The Kier molecular flexibility index (Phi) is 5.32. The van der Waals surface area contributed by atoms with E-state index in [0.717, 1.165) is 15.6 Å². The van der Waals surface area contributed by atoms with Crippen molar-refractivity contribution < 1.29 is 9.47 Å². The number of halogens is 1. The molecule has 1 heterocycles. The van der Waals surface area contributed by atoms with Gasteiger partial charge in [-0.2, -0.15) is 5.10 Å². The predicted octanol–water partition coefficient (Wildman–Crippen LogP) is 3.77. The maximum Gasteiger partial charge on any atom is 0.218 e. The molecular weight excluding hydrogens is 372 g/mol. The zero-order valence-corrected chi connectivity index (χ0v) is 14.7. The number of nitrogens with zero attached hydrogens (tertiary/aromatic N) is 2. The lowest BCUT2D eigenvalue weighted by Gasteiger charge is -2.14. The van der Waals surface area contributed by atoms with Crippen LogP contribution in [0.5, 0.6) is 11.5 Å². The third kappa shape index (κ3) is 4.05. The first-order valence-corrected chi connectivity index (χ1v) is 8.18. The fraction of sp³-hybridized carbons (Fsp3) is 0.176. The summed E-state index contributed by atoms with van der Waals surface area (Å²) in [6.45, 7) is 1.06. The molecule has 0 bridgehead atoms. The van der Waals surface area contributed by atoms with Crippen LogP contribution in [0, 0.1) is 0 Å². The first kappa shape index (κ1) is 16.3. The summed E-state index contributed by atoms with van der Waals surface area (Å²) in [6, 6.07) is 13.9. The van der Waals surface area contributed by atoms with Crippen LogP contribution in [0.4, 0.5) is 5.95 Å². The largest absolute Gasteiger partial charge is 0.493 e. The summed E-state index contributed by atoms with van der Waals surface area (Å²) in [4.78, 5) is 4.04. The lowest BCUT2D eigenvalue weighted by atomic mass is 10.2. The quantitative estimate of drug-likeness (QED) is 0.644. The smallest absolute Gasteiger partial charge is 0.218 e. The number of H-pyrrole nitrogens is 1. The number of aromatic nitrogens is 3. The van der Waals surface area contributed by atoms with Gasteiger partial charge in [0.25, 0.3) is 0 Å². The lowest BCUT2D eigenvalue weighted by molar-refractivity contribution is 0.284. The Hall–Kier alpha value is -2.54. The summed E-state index contributed by atoms with van der Waals surface area (Å²) in [5, 5.41) is 9.72. The topological polar surface area (TPSA) is 72.1 Å². The Morgan fingerprint density at radius 3 is 2.71 bits per heavy atom. The van der Waals surface area contributed by atoms with Gasteiger partial charge in [0.15, 0.2) is 11.5 Å². The molecule has 0 aliphatic heterocycles. The highest BCUT2D eigenvalue weighted by atomic mass is 79.9. The van der Waals surface area contributed by atoms with E-state index in [-0.39, 0.29) is 0 Å². The van der Waals surface area contributed by atoms with Gasteiger partial charge in [-0.3, -0.25) is 0 Å². The number of anilines is 1. The molecule has 0 fully saturated rings. The van der Waals surface area contributed by atoms with Gasteiger partial charge in [-0.15, -0.1) is 0 Å². The first-order valence-electron chi connectivity index (χ1n) is 7.38. The minimum atomic E-state index is 0.485. The molecule has 3 rings (SSSR count). The third-order valence-corrected chi connectivity index (χ3v) is 4.17. The van der Waals surface area contributed by atoms with Crippen LogP contribution in [0.2, 0.25) is 0 Å². The minimum Gasteiger partial charge on any atom is -0.493 e. The van der Waals surface area contributed by atoms with Crippen LogP contribution in [0.1, 0.15) is 11.1 Å². The van der Waals surface area contributed by atoms with Crippen LogP contribution >= 0.6 is 15.9 Å². The lowest BCUT2D eigenvalue weighted by Crippen LogP contribution is -2.04. The Balaban J connectivity index is 1.72. The van der Waals surface area contributed by atoms with Crippen LogP contribution in [0.15, 0.2) is 53.3 Å². The van der Waals surface area contributed by atoms with Gasteiger partial charge < -0.3 is 14.8 Å². The van der Waals surface area contributed by atoms with Gasteiger partial charge in [0.2, 0.25) is 5.95 Å². The van der Waals surface area contributed by atoms with Crippen LogP contribution in [-0.4, -0.2) is 22.3 Å². The second kappa shape index (κ2) is 7.83. The molecule has 7 heteroatoms. The SMILES string of the molecule is COc1cc(CNc2ncn[nH]2)c(Br)cc1OCc1ccccc1. The molecule has 0 saturated heterocycles. The molecule has 0 atom stereocenters. The number of hydrogen-bond donors (Lipinski definition) is 2. The average molecular weight is 389 g/mol. The van der Waals surface area contributed by atoms with E-state index >= 15 is 0 Å². The van der Waals surface area contributed by atoms with E-state index in [0.29, 0.717) is 30.6 Å². The van der Waals surface area contributed by atoms with Gasteiger partial charge >= 0.3 is 0 Å². The van der Waals surface area contributed by atoms with E-state index in [4.69, 9.17) is 9.47 Å². The highest BCUT2D eigenvalue weighted by Crippen LogP contribution is 2.34. The van der Waals surface area contributed by atoms with E-state index < -0.39 is 0 Å². The van der Waals surface area contributed by atoms with Gasteiger partial charge in [-0.25, -0.2) is 10.1 Å². The van der Waals surface area contributed by atoms with E-state index in [9.17, 15) is 0 Å². The number of nitrogens with one attached hydrogen (secondary N) is 2. The average Bonchev–Trinajstić information content (AvgIpc) is 3.13. The van der Waals surface area contributed by atoms with Crippen LogP contribution in [-0.2, 0) is 13.2 Å². The zero-order chi connectivity index (χ0) is 16.8. The van der Waals surface area contributed by atoms with Crippen molar-refractivity contribution in [2.24, 2.45) is 0 Å². The molecule has 0 unspecified atom stereocenters. The summed E-state index contributed by atoms with van der Waals surface area (Å²) in [6.07, 6.45) is 1.46.